The fraction of sp³-hybridized carbons (Fsp3) is 0.267. The van der Waals surface area contributed by atoms with Gasteiger partial charge in [-0.3, -0.25) is 19.2 Å². The van der Waals surface area contributed by atoms with Crippen LogP contribution in [0.1, 0.15) is 25.7 Å². The highest BCUT2D eigenvalue weighted by molar-refractivity contribution is 7.58. The second-order valence-corrected chi connectivity index (χ2v) is 11.4. The monoisotopic (exact) mass is 664 g/mol. The van der Waals surface area contributed by atoms with E-state index in [2.05, 4.69) is 17.5 Å². The Kier molecular flexibility index (Phi) is 9.97. The maximum absolute atomic E-state index is 11.2. The molecule has 5 rings (SSSR count). The van der Waals surface area contributed by atoms with Crippen molar-refractivity contribution < 1.29 is 39.6 Å². The smallest absolute Gasteiger partial charge is 0.305 e. The fourth-order valence-electron chi connectivity index (χ4n) is 5.14. The summed E-state index contributed by atoms with van der Waals surface area (Å²) in [6.07, 6.45) is -0.545. The largest absolute Gasteiger partial charge is 0.481 e. The Morgan fingerprint density at radius 3 is 1.17 bits per heavy atom. The van der Waals surface area contributed by atoms with E-state index < -0.39 is 23.9 Å². The van der Waals surface area contributed by atoms with Crippen LogP contribution in [0.25, 0.3) is 33.3 Å². The van der Waals surface area contributed by atoms with Gasteiger partial charge in [0.05, 0.1) is 48.8 Å². The maximum atomic E-state index is 11.2. The first-order chi connectivity index (χ1) is 22.1. The summed E-state index contributed by atoms with van der Waals surface area (Å²) in [6, 6.07) is 14.7. The minimum atomic E-state index is -0.975. The first kappa shape index (κ1) is 32.2. The van der Waals surface area contributed by atoms with E-state index in [9.17, 15) is 19.2 Å². The molecule has 2 heterocycles. The summed E-state index contributed by atoms with van der Waals surface area (Å²) in [5.74, 6) is -3.90. The van der Waals surface area contributed by atoms with E-state index in [0.29, 0.717) is 33.8 Å². The molecule has 1 aromatic heterocycles. The number of nitrogens with zero attached hydrogens (tertiary/aromatic N) is 6. The van der Waals surface area contributed by atoms with Crippen molar-refractivity contribution in [1.29, 1.82) is 0 Å². The van der Waals surface area contributed by atoms with Crippen molar-refractivity contribution in [2.24, 2.45) is 8.73 Å². The number of hydrogen-bond acceptors (Lipinski definition) is 11. The van der Waals surface area contributed by atoms with Crippen molar-refractivity contribution in [3.8, 4) is 22.3 Å². The average molecular weight is 665 g/mol. The van der Waals surface area contributed by atoms with Gasteiger partial charge in [-0.1, -0.05) is 24.3 Å². The first-order valence-corrected chi connectivity index (χ1v) is 15.6. The third kappa shape index (κ3) is 7.35. The number of carboxylic acid groups (broad SMARTS) is 4. The maximum Gasteiger partial charge on any atom is 0.305 e. The number of fused-ring (bicyclic) bond motifs is 2. The highest BCUT2D eigenvalue weighted by atomic mass is 32.1. The number of hydrogen-bond donors (Lipinski definition) is 4. The lowest BCUT2D eigenvalue weighted by Gasteiger charge is -2.24. The topological polar surface area (TPSA) is 206 Å². The molecule has 0 atom stereocenters. The molecule has 14 nitrogen and oxygen atoms in total. The number of aliphatic carboxylic acids is 4. The van der Waals surface area contributed by atoms with Crippen LogP contribution < -0.4 is 9.80 Å². The minimum absolute atomic E-state index is 0.136. The van der Waals surface area contributed by atoms with E-state index >= 15 is 0 Å². The van der Waals surface area contributed by atoms with Crippen molar-refractivity contribution >= 4 is 80.7 Å². The van der Waals surface area contributed by atoms with Gasteiger partial charge in [-0.15, -0.1) is 0 Å². The highest BCUT2D eigenvalue weighted by Gasteiger charge is 2.26. The van der Waals surface area contributed by atoms with Crippen molar-refractivity contribution in [3.63, 3.8) is 0 Å². The van der Waals surface area contributed by atoms with E-state index in [1.165, 1.54) is 0 Å². The fourth-order valence-corrected chi connectivity index (χ4v) is 6.26. The number of carboxylic acids is 4. The molecule has 1 aliphatic heterocycles. The summed E-state index contributed by atoms with van der Waals surface area (Å²) in [7, 11) is 0. The van der Waals surface area contributed by atoms with Crippen LogP contribution >= 0.6 is 11.7 Å². The zero-order valence-electron chi connectivity index (χ0n) is 24.2. The quantitative estimate of drug-likeness (QED) is 0.107. The van der Waals surface area contributed by atoms with Crippen LogP contribution in [0.2, 0.25) is 0 Å². The average Bonchev–Trinajstić information content (AvgIpc) is 3.70. The molecule has 3 aromatic carbocycles. The molecule has 4 aromatic rings. The third-order valence-electron chi connectivity index (χ3n) is 7.35. The zero-order chi connectivity index (χ0) is 32.8. The first-order valence-electron chi connectivity index (χ1n) is 14.1. The second kappa shape index (κ2) is 14.3. The minimum Gasteiger partial charge on any atom is -0.481 e. The number of carbonyl (C=O) groups is 4. The summed E-state index contributed by atoms with van der Waals surface area (Å²) in [4.78, 5) is 48.2. The summed E-state index contributed by atoms with van der Waals surface area (Å²) in [5.41, 5.74) is 6.88. The Bertz CT molecular complexity index is 1710. The molecule has 1 aliphatic rings. The van der Waals surface area contributed by atoms with E-state index in [0.717, 1.165) is 45.3 Å². The van der Waals surface area contributed by atoms with Gasteiger partial charge in [0, 0.05) is 48.7 Å². The summed E-state index contributed by atoms with van der Waals surface area (Å²) in [6.45, 7) is 0.638. The molecule has 0 fully saturated rings. The molecule has 4 N–H and O–H groups in total. The predicted molar refractivity (Wildman–Crippen MR) is 173 cm³/mol. The van der Waals surface area contributed by atoms with E-state index in [1.54, 1.807) is 9.80 Å². The molecule has 0 aliphatic carbocycles. The normalized spacial score (nSPS) is 11.7. The van der Waals surface area contributed by atoms with Crippen molar-refractivity contribution in [2.45, 2.75) is 25.7 Å². The van der Waals surface area contributed by atoms with Crippen LogP contribution in [-0.4, -0.2) is 79.2 Å². The molecule has 0 bridgehead atoms. The van der Waals surface area contributed by atoms with Gasteiger partial charge in [0.1, 0.15) is 22.4 Å². The Labute approximate surface area is 269 Å². The Balaban J connectivity index is 1.49. The van der Waals surface area contributed by atoms with Gasteiger partial charge in [-0.2, -0.15) is 17.5 Å². The van der Waals surface area contributed by atoms with Crippen molar-refractivity contribution in [2.75, 3.05) is 36.0 Å². The van der Waals surface area contributed by atoms with Gasteiger partial charge in [0.25, 0.3) is 0 Å². The van der Waals surface area contributed by atoms with Gasteiger partial charge >= 0.3 is 23.9 Å². The zero-order valence-corrected chi connectivity index (χ0v) is 25.8. The standard InChI is InChI=1S/C30H28N6O8S2/c37-21(38)9-13-35(14-10-22(39)40)19-5-1-17(2-6-19)25-27-29(33-45-31-27)26(30-28(25)32-46-34-30)18-3-7-20(8-4-18)36(15-11-23(41)42)16-12-24(43)44/h1-8H,9-16H2,(H,37,38)(H,39,40)(H,41,42)(H,43,44). The lowest BCUT2D eigenvalue weighted by Crippen LogP contribution is -2.28. The third-order valence-corrected chi connectivity index (χ3v) is 8.41. The molecule has 0 saturated carbocycles. The van der Waals surface area contributed by atoms with E-state index in [1.807, 2.05) is 48.5 Å². The molecule has 16 heteroatoms. The summed E-state index contributed by atoms with van der Waals surface area (Å²) >= 11 is 2.09. The highest BCUT2D eigenvalue weighted by Crippen LogP contribution is 2.52. The molecule has 238 valence electrons. The molecule has 0 unspecified atom stereocenters. The van der Waals surface area contributed by atoms with Crippen molar-refractivity contribution in [3.05, 3.63) is 48.5 Å². The van der Waals surface area contributed by atoms with E-state index in [-0.39, 0.29) is 51.9 Å². The number of anilines is 2. The SMILES string of the molecule is O=C(O)CCN(CCC(=O)O)c1ccc(-c2c3c(c(-c4ccc(N(CCC(=O)O)CCC(=O)O)cc4)c4nsnc24)N=S=N3)cc1. The summed E-state index contributed by atoms with van der Waals surface area (Å²) in [5, 5.41) is 36.6. The molecular weight excluding hydrogens is 636 g/mol. The van der Waals surface area contributed by atoms with Gasteiger partial charge in [-0.25, -0.2) is 0 Å². The van der Waals surface area contributed by atoms with Gasteiger partial charge < -0.3 is 30.2 Å². The number of benzene rings is 3. The Morgan fingerprint density at radius 2 is 0.870 bits per heavy atom. The van der Waals surface area contributed by atoms with Gasteiger partial charge in [0.15, 0.2) is 0 Å². The van der Waals surface area contributed by atoms with Gasteiger partial charge in [-0.05, 0) is 35.4 Å². The lowest BCUT2D eigenvalue weighted by molar-refractivity contribution is -0.138. The van der Waals surface area contributed by atoms with Crippen LogP contribution in [0.4, 0.5) is 22.7 Å². The predicted octanol–water partition coefficient (Wildman–Crippen LogP) is 5.26. The molecular formula is C30H28N6O8S2. The van der Waals surface area contributed by atoms with Crippen LogP contribution in [0.3, 0.4) is 0 Å². The molecule has 46 heavy (non-hydrogen) atoms. The van der Waals surface area contributed by atoms with Crippen LogP contribution in [-0.2, 0) is 30.5 Å². The van der Waals surface area contributed by atoms with Crippen LogP contribution in [0.15, 0.2) is 57.3 Å². The van der Waals surface area contributed by atoms with Crippen molar-refractivity contribution in [1.82, 2.24) is 8.75 Å². The molecule has 0 saturated heterocycles. The van der Waals surface area contributed by atoms with Gasteiger partial charge in [0.2, 0.25) is 0 Å². The number of rotatable bonds is 16. The number of aromatic nitrogens is 2. The molecule has 0 amide bonds. The Morgan fingerprint density at radius 1 is 0.543 bits per heavy atom. The van der Waals surface area contributed by atoms with Crippen LogP contribution in [0.5, 0.6) is 0 Å². The van der Waals surface area contributed by atoms with E-state index in [4.69, 9.17) is 20.4 Å². The lowest BCUT2D eigenvalue weighted by atomic mass is 9.93. The van der Waals surface area contributed by atoms with Crippen LogP contribution in [0, 0.1) is 0 Å². The second-order valence-electron chi connectivity index (χ2n) is 10.3. The Hall–Kier alpha value is -5.22. The molecule has 0 radical (unpaired) electrons. The molecule has 0 spiro atoms. The summed E-state index contributed by atoms with van der Waals surface area (Å²) < 4.78 is 18.4.